The van der Waals surface area contributed by atoms with Crippen molar-refractivity contribution in [3.63, 3.8) is 0 Å². The molecule has 1 N–H and O–H groups in total. The highest BCUT2D eigenvalue weighted by molar-refractivity contribution is 7.92. The summed E-state index contributed by atoms with van der Waals surface area (Å²) in [6, 6.07) is 14.0. The second kappa shape index (κ2) is 13.9. The third kappa shape index (κ3) is 8.86. The number of methoxy groups -OCH3 is 1. The largest absolute Gasteiger partial charge is 0.497 e. The number of hydrogen-bond donors (Lipinski definition) is 1. The van der Waals surface area contributed by atoms with E-state index in [9.17, 15) is 18.0 Å². The molecule has 1 atom stereocenters. The highest BCUT2D eigenvalue weighted by Gasteiger charge is 2.26. The number of sulfonamides is 1. The molecular weight excluding hydrogens is 478 g/mol. The molecule has 0 bridgehead atoms. The monoisotopic (exact) mass is 517 g/mol. The van der Waals surface area contributed by atoms with Gasteiger partial charge in [-0.15, -0.1) is 0 Å². The number of amides is 2. The van der Waals surface area contributed by atoms with Gasteiger partial charge in [-0.1, -0.05) is 49.2 Å². The second-order valence-electron chi connectivity index (χ2n) is 8.97. The smallest absolute Gasteiger partial charge is 0.242 e. The first-order valence-electron chi connectivity index (χ1n) is 12.3. The first-order valence-corrected chi connectivity index (χ1v) is 14.2. The normalized spacial score (nSPS) is 12.0. The maximum atomic E-state index is 13.3. The van der Waals surface area contributed by atoms with Crippen LogP contribution in [0.2, 0.25) is 0 Å². The Balaban J connectivity index is 2.15. The number of ether oxygens (including phenoxy) is 1. The SMILES string of the molecule is CCCCNC(=O)[C@H](C)N(Cc1ccc(C)cc1)C(=O)CCCN(c1cccc(OC)c1)S(C)(=O)=O. The van der Waals surface area contributed by atoms with E-state index in [1.165, 1.54) is 11.4 Å². The third-order valence-corrected chi connectivity index (χ3v) is 7.16. The fourth-order valence-electron chi connectivity index (χ4n) is 3.78. The van der Waals surface area contributed by atoms with Crippen molar-refractivity contribution in [1.29, 1.82) is 0 Å². The fraction of sp³-hybridized carbons (Fsp3) is 0.481. The molecule has 198 valence electrons. The summed E-state index contributed by atoms with van der Waals surface area (Å²) in [5.41, 5.74) is 2.51. The van der Waals surface area contributed by atoms with Gasteiger partial charge in [0.1, 0.15) is 11.8 Å². The van der Waals surface area contributed by atoms with Gasteiger partial charge in [-0.25, -0.2) is 8.42 Å². The fourth-order valence-corrected chi connectivity index (χ4v) is 4.74. The molecule has 0 saturated carbocycles. The van der Waals surface area contributed by atoms with Gasteiger partial charge in [0.25, 0.3) is 0 Å². The number of carbonyl (C=O) groups excluding carboxylic acids is 2. The van der Waals surface area contributed by atoms with Crippen molar-refractivity contribution in [3.8, 4) is 5.75 Å². The van der Waals surface area contributed by atoms with E-state index in [1.807, 2.05) is 38.1 Å². The Hall–Kier alpha value is -3.07. The number of carbonyl (C=O) groups is 2. The molecule has 2 aromatic rings. The van der Waals surface area contributed by atoms with E-state index in [0.29, 0.717) is 30.9 Å². The topological polar surface area (TPSA) is 96.0 Å². The first kappa shape index (κ1) is 29.2. The van der Waals surface area contributed by atoms with Gasteiger partial charge in [0.05, 0.1) is 19.1 Å². The zero-order valence-corrected chi connectivity index (χ0v) is 22.8. The predicted molar refractivity (Wildman–Crippen MR) is 144 cm³/mol. The van der Waals surface area contributed by atoms with Crippen LogP contribution in [0, 0.1) is 6.92 Å². The van der Waals surface area contributed by atoms with E-state index in [2.05, 4.69) is 5.32 Å². The Kier molecular flexibility index (Phi) is 11.2. The quantitative estimate of drug-likeness (QED) is 0.384. The third-order valence-electron chi connectivity index (χ3n) is 5.96. The summed E-state index contributed by atoms with van der Waals surface area (Å²) in [7, 11) is -2.05. The van der Waals surface area contributed by atoms with Crippen LogP contribution in [0.1, 0.15) is 50.7 Å². The number of nitrogens with one attached hydrogen (secondary N) is 1. The summed E-state index contributed by atoms with van der Waals surface area (Å²) in [6.07, 6.45) is 3.38. The zero-order valence-electron chi connectivity index (χ0n) is 22.0. The van der Waals surface area contributed by atoms with E-state index >= 15 is 0 Å². The van der Waals surface area contributed by atoms with Crippen molar-refractivity contribution in [2.24, 2.45) is 0 Å². The van der Waals surface area contributed by atoms with Gasteiger partial charge in [0, 0.05) is 32.1 Å². The summed E-state index contributed by atoms with van der Waals surface area (Å²) in [6.45, 7) is 6.77. The van der Waals surface area contributed by atoms with E-state index in [0.717, 1.165) is 30.2 Å². The van der Waals surface area contributed by atoms with Crippen molar-refractivity contribution in [3.05, 3.63) is 59.7 Å². The van der Waals surface area contributed by atoms with Crippen LogP contribution < -0.4 is 14.4 Å². The molecule has 0 saturated heterocycles. The van der Waals surface area contributed by atoms with Gasteiger partial charge in [-0.2, -0.15) is 0 Å². The molecule has 0 spiro atoms. The molecule has 0 aliphatic rings. The molecule has 2 rings (SSSR count). The Morgan fingerprint density at radius 3 is 2.39 bits per heavy atom. The minimum Gasteiger partial charge on any atom is -0.497 e. The average molecular weight is 518 g/mol. The number of anilines is 1. The molecule has 8 nitrogen and oxygen atoms in total. The number of aryl methyl sites for hydroxylation is 1. The molecule has 0 aromatic heterocycles. The lowest BCUT2D eigenvalue weighted by atomic mass is 10.1. The molecule has 2 amide bonds. The van der Waals surface area contributed by atoms with E-state index in [1.54, 1.807) is 36.1 Å². The standard InChI is InChI=1S/C27H39N3O5S/c1-6-7-17-28-27(32)22(3)29(20-23-15-13-21(2)14-16-23)26(31)12-9-18-30(36(5,33)34)24-10-8-11-25(19-24)35-4/h8,10-11,13-16,19,22H,6-7,9,12,17-18,20H2,1-5H3,(H,28,32)/t22-/m0/s1. The van der Waals surface area contributed by atoms with Crippen molar-refractivity contribution in [2.45, 2.75) is 59.0 Å². The minimum atomic E-state index is -3.57. The Morgan fingerprint density at radius 2 is 1.78 bits per heavy atom. The van der Waals surface area contributed by atoms with Gasteiger partial charge in [0.2, 0.25) is 21.8 Å². The lowest BCUT2D eigenvalue weighted by molar-refractivity contribution is -0.140. The highest BCUT2D eigenvalue weighted by Crippen LogP contribution is 2.24. The summed E-state index contributed by atoms with van der Waals surface area (Å²) in [5, 5.41) is 2.91. The minimum absolute atomic E-state index is 0.106. The van der Waals surface area contributed by atoms with E-state index < -0.39 is 16.1 Å². The van der Waals surface area contributed by atoms with E-state index in [-0.39, 0.29) is 24.8 Å². The van der Waals surface area contributed by atoms with Crippen LogP contribution in [0.25, 0.3) is 0 Å². The van der Waals surface area contributed by atoms with Crippen LogP contribution in [-0.2, 0) is 26.2 Å². The van der Waals surface area contributed by atoms with Crippen molar-refractivity contribution in [1.82, 2.24) is 10.2 Å². The number of benzene rings is 2. The lowest BCUT2D eigenvalue weighted by Crippen LogP contribution is -2.48. The Bertz CT molecular complexity index is 1100. The molecule has 36 heavy (non-hydrogen) atoms. The molecule has 0 heterocycles. The molecule has 0 aliphatic heterocycles. The molecule has 9 heteroatoms. The molecule has 2 aromatic carbocycles. The molecular formula is C27H39N3O5S. The Morgan fingerprint density at radius 1 is 1.08 bits per heavy atom. The van der Waals surface area contributed by atoms with E-state index in [4.69, 9.17) is 4.74 Å². The van der Waals surface area contributed by atoms with Gasteiger partial charge in [0.15, 0.2) is 0 Å². The van der Waals surface area contributed by atoms with Crippen molar-refractivity contribution in [2.75, 3.05) is 30.8 Å². The van der Waals surface area contributed by atoms with Gasteiger partial charge >= 0.3 is 0 Å². The Labute approximate surface area is 215 Å². The van der Waals surface area contributed by atoms with Gasteiger partial charge in [-0.05, 0) is 44.4 Å². The van der Waals surface area contributed by atoms with Crippen molar-refractivity contribution >= 4 is 27.5 Å². The van der Waals surface area contributed by atoms with Gasteiger partial charge < -0.3 is 15.0 Å². The predicted octanol–water partition coefficient (Wildman–Crippen LogP) is 3.88. The van der Waals surface area contributed by atoms with Crippen LogP contribution in [0.3, 0.4) is 0 Å². The summed E-state index contributed by atoms with van der Waals surface area (Å²) in [4.78, 5) is 27.7. The molecule has 0 unspecified atom stereocenters. The maximum absolute atomic E-state index is 13.3. The van der Waals surface area contributed by atoms with Crippen LogP contribution in [0.15, 0.2) is 48.5 Å². The number of rotatable bonds is 14. The van der Waals surface area contributed by atoms with Gasteiger partial charge in [-0.3, -0.25) is 13.9 Å². The maximum Gasteiger partial charge on any atom is 0.242 e. The van der Waals surface area contributed by atoms with Crippen LogP contribution in [-0.4, -0.2) is 57.6 Å². The molecule has 0 aliphatic carbocycles. The number of nitrogens with zero attached hydrogens (tertiary/aromatic N) is 2. The molecule has 0 fully saturated rings. The number of hydrogen-bond acceptors (Lipinski definition) is 5. The molecule has 0 radical (unpaired) electrons. The first-order chi connectivity index (χ1) is 17.1. The average Bonchev–Trinajstić information content (AvgIpc) is 2.85. The summed E-state index contributed by atoms with van der Waals surface area (Å²) < 4.78 is 31.4. The van der Waals surface area contributed by atoms with Crippen LogP contribution in [0.4, 0.5) is 5.69 Å². The van der Waals surface area contributed by atoms with Crippen molar-refractivity contribution < 1.29 is 22.7 Å². The highest BCUT2D eigenvalue weighted by atomic mass is 32.2. The summed E-state index contributed by atoms with van der Waals surface area (Å²) >= 11 is 0. The lowest BCUT2D eigenvalue weighted by Gasteiger charge is -2.29. The van der Waals surface area contributed by atoms with Crippen LogP contribution in [0.5, 0.6) is 5.75 Å². The van der Waals surface area contributed by atoms with Crippen LogP contribution >= 0.6 is 0 Å². The second-order valence-corrected chi connectivity index (χ2v) is 10.9. The zero-order chi connectivity index (χ0) is 26.7. The number of unbranched alkanes of at least 4 members (excludes halogenated alkanes) is 1. The summed E-state index contributed by atoms with van der Waals surface area (Å²) in [5.74, 6) is 0.148.